The van der Waals surface area contributed by atoms with Crippen molar-refractivity contribution in [1.29, 1.82) is 0 Å². The molecule has 0 aromatic carbocycles. The fourth-order valence-electron chi connectivity index (χ4n) is 2.72. The summed E-state index contributed by atoms with van der Waals surface area (Å²) in [7, 11) is 1.98. The van der Waals surface area contributed by atoms with Crippen molar-refractivity contribution in [2.24, 2.45) is 7.05 Å². The first-order chi connectivity index (χ1) is 8.78. The van der Waals surface area contributed by atoms with Crippen molar-refractivity contribution < 1.29 is 0 Å². The van der Waals surface area contributed by atoms with E-state index in [9.17, 15) is 0 Å². The molecule has 1 aromatic rings. The van der Waals surface area contributed by atoms with Crippen molar-refractivity contribution in [2.75, 3.05) is 19.6 Å². The summed E-state index contributed by atoms with van der Waals surface area (Å²) < 4.78 is 1.89. The van der Waals surface area contributed by atoms with Crippen LogP contribution in [0.2, 0.25) is 0 Å². The van der Waals surface area contributed by atoms with Gasteiger partial charge in [-0.2, -0.15) is 5.10 Å². The standard InChI is InChI=1S/C14H26N4/c1-3-9-18(11-13-6-4-5-8-15-13)12-14-7-10-17(2)16-14/h7,10,13,15H,3-6,8-9,11-12H2,1-2H3. The number of nitrogens with one attached hydrogen (secondary N) is 1. The van der Waals surface area contributed by atoms with Crippen LogP contribution in [-0.4, -0.2) is 40.4 Å². The lowest BCUT2D eigenvalue weighted by Crippen LogP contribution is -2.43. The Morgan fingerprint density at radius 3 is 3.00 bits per heavy atom. The Balaban J connectivity index is 1.86. The zero-order valence-corrected chi connectivity index (χ0v) is 11.7. The molecule has 4 heteroatoms. The molecule has 2 heterocycles. The van der Waals surface area contributed by atoms with Gasteiger partial charge in [0, 0.05) is 32.4 Å². The quantitative estimate of drug-likeness (QED) is 0.835. The molecule has 1 aliphatic rings. The molecule has 1 N–H and O–H groups in total. The maximum Gasteiger partial charge on any atom is 0.0764 e. The maximum absolute atomic E-state index is 4.48. The SMILES string of the molecule is CCCN(Cc1ccn(C)n1)CC1CCCCN1. The number of piperidine rings is 1. The summed E-state index contributed by atoms with van der Waals surface area (Å²) >= 11 is 0. The first kappa shape index (κ1) is 13.6. The molecule has 0 aliphatic carbocycles. The molecule has 0 saturated carbocycles. The minimum Gasteiger partial charge on any atom is -0.313 e. The second-order valence-corrected chi connectivity index (χ2v) is 5.36. The third-order valence-corrected chi connectivity index (χ3v) is 3.59. The Hall–Kier alpha value is -0.870. The van der Waals surface area contributed by atoms with Gasteiger partial charge in [0.1, 0.15) is 0 Å². The number of aryl methyl sites for hydroxylation is 1. The van der Waals surface area contributed by atoms with Crippen LogP contribution in [0.15, 0.2) is 12.3 Å². The summed E-state index contributed by atoms with van der Waals surface area (Å²) in [5, 5.41) is 8.11. The molecule has 102 valence electrons. The molecule has 0 amide bonds. The van der Waals surface area contributed by atoms with E-state index in [1.807, 2.05) is 17.9 Å². The highest BCUT2D eigenvalue weighted by molar-refractivity contribution is 4.98. The lowest BCUT2D eigenvalue weighted by molar-refractivity contribution is 0.215. The Bertz CT molecular complexity index is 341. The molecular formula is C14H26N4. The predicted octanol–water partition coefficient (Wildman–Crippen LogP) is 1.77. The molecule has 0 radical (unpaired) electrons. The summed E-state index contributed by atoms with van der Waals surface area (Å²) in [6, 6.07) is 2.80. The number of hydrogen-bond donors (Lipinski definition) is 1. The van der Waals surface area contributed by atoms with E-state index in [0.717, 1.165) is 19.6 Å². The van der Waals surface area contributed by atoms with E-state index >= 15 is 0 Å². The van der Waals surface area contributed by atoms with Crippen LogP contribution in [0.1, 0.15) is 38.3 Å². The average Bonchev–Trinajstić information content (AvgIpc) is 2.76. The van der Waals surface area contributed by atoms with Crippen molar-refractivity contribution in [3.8, 4) is 0 Å². The zero-order valence-electron chi connectivity index (χ0n) is 11.7. The molecule has 18 heavy (non-hydrogen) atoms. The third-order valence-electron chi connectivity index (χ3n) is 3.59. The number of aromatic nitrogens is 2. The summed E-state index contributed by atoms with van der Waals surface area (Å²) in [6.07, 6.45) is 7.27. The third kappa shape index (κ3) is 4.10. The Morgan fingerprint density at radius 2 is 2.39 bits per heavy atom. The van der Waals surface area contributed by atoms with Crippen LogP contribution in [0.5, 0.6) is 0 Å². The molecule has 1 atom stereocenters. The highest BCUT2D eigenvalue weighted by Crippen LogP contribution is 2.10. The predicted molar refractivity (Wildman–Crippen MR) is 74.4 cm³/mol. The van der Waals surface area contributed by atoms with Gasteiger partial charge in [0.2, 0.25) is 0 Å². The number of nitrogens with zero attached hydrogens (tertiary/aromatic N) is 3. The van der Waals surface area contributed by atoms with E-state index in [0.29, 0.717) is 6.04 Å². The highest BCUT2D eigenvalue weighted by atomic mass is 15.3. The molecule has 2 rings (SSSR count). The van der Waals surface area contributed by atoms with Gasteiger partial charge in [0.05, 0.1) is 5.69 Å². The molecule has 0 spiro atoms. The van der Waals surface area contributed by atoms with Crippen molar-refractivity contribution in [1.82, 2.24) is 20.0 Å². The van der Waals surface area contributed by atoms with Gasteiger partial charge in [-0.1, -0.05) is 13.3 Å². The van der Waals surface area contributed by atoms with E-state index in [-0.39, 0.29) is 0 Å². The molecule has 4 nitrogen and oxygen atoms in total. The number of rotatable bonds is 6. The Kier molecular flexibility index (Phi) is 5.20. The molecule has 1 aliphatic heterocycles. The van der Waals surface area contributed by atoms with Crippen molar-refractivity contribution in [3.63, 3.8) is 0 Å². The first-order valence-corrected chi connectivity index (χ1v) is 7.22. The first-order valence-electron chi connectivity index (χ1n) is 7.22. The van der Waals surface area contributed by atoms with E-state index < -0.39 is 0 Å². The monoisotopic (exact) mass is 250 g/mol. The second-order valence-electron chi connectivity index (χ2n) is 5.36. The second kappa shape index (κ2) is 6.90. The van der Waals surface area contributed by atoms with Crippen LogP contribution in [0, 0.1) is 0 Å². The Labute approximate surface area is 110 Å². The van der Waals surface area contributed by atoms with Gasteiger partial charge in [0.15, 0.2) is 0 Å². The molecule has 1 fully saturated rings. The van der Waals surface area contributed by atoms with Crippen LogP contribution < -0.4 is 5.32 Å². The van der Waals surface area contributed by atoms with Gasteiger partial charge in [-0.15, -0.1) is 0 Å². The van der Waals surface area contributed by atoms with Gasteiger partial charge >= 0.3 is 0 Å². The topological polar surface area (TPSA) is 33.1 Å². The van der Waals surface area contributed by atoms with Crippen LogP contribution in [0.25, 0.3) is 0 Å². The minimum atomic E-state index is 0.675. The van der Waals surface area contributed by atoms with Gasteiger partial charge in [-0.3, -0.25) is 9.58 Å². The summed E-state index contributed by atoms with van der Waals surface area (Å²) in [5.74, 6) is 0. The van der Waals surface area contributed by atoms with Gasteiger partial charge < -0.3 is 5.32 Å². The molecule has 1 aromatic heterocycles. The van der Waals surface area contributed by atoms with Crippen LogP contribution in [-0.2, 0) is 13.6 Å². The van der Waals surface area contributed by atoms with E-state index in [4.69, 9.17) is 0 Å². The fraction of sp³-hybridized carbons (Fsp3) is 0.786. The van der Waals surface area contributed by atoms with Crippen molar-refractivity contribution >= 4 is 0 Å². The molecule has 1 saturated heterocycles. The zero-order chi connectivity index (χ0) is 12.8. The van der Waals surface area contributed by atoms with E-state index in [2.05, 4.69) is 28.3 Å². The average molecular weight is 250 g/mol. The summed E-state index contributed by atoms with van der Waals surface area (Å²) in [6.45, 7) is 6.74. The smallest absolute Gasteiger partial charge is 0.0764 e. The van der Waals surface area contributed by atoms with E-state index in [1.165, 1.54) is 37.9 Å². The lowest BCUT2D eigenvalue weighted by atomic mass is 10.0. The molecular weight excluding hydrogens is 224 g/mol. The lowest BCUT2D eigenvalue weighted by Gasteiger charge is -2.30. The fourth-order valence-corrected chi connectivity index (χ4v) is 2.72. The minimum absolute atomic E-state index is 0.675. The van der Waals surface area contributed by atoms with Crippen molar-refractivity contribution in [3.05, 3.63) is 18.0 Å². The highest BCUT2D eigenvalue weighted by Gasteiger charge is 2.16. The normalized spacial score (nSPS) is 20.5. The van der Waals surface area contributed by atoms with Crippen LogP contribution in [0.3, 0.4) is 0 Å². The van der Waals surface area contributed by atoms with Gasteiger partial charge in [-0.05, 0) is 38.4 Å². The Morgan fingerprint density at radius 1 is 1.50 bits per heavy atom. The van der Waals surface area contributed by atoms with E-state index in [1.54, 1.807) is 0 Å². The molecule has 0 bridgehead atoms. The van der Waals surface area contributed by atoms with Gasteiger partial charge in [-0.25, -0.2) is 0 Å². The number of hydrogen-bond acceptors (Lipinski definition) is 3. The largest absolute Gasteiger partial charge is 0.313 e. The van der Waals surface area contributed by atoms with Crippen LogP contribution >= 0.6 is 0 Å². The maximum atomic E-state index is 4.48. The summed E-state index contributed by atoms with van der Waals surface area (Å²) in [5.41, 5.74) is 1.18. The van der Waals surface area contributed by atoms with Gasteiger partial charge in [0.25, 0.3) is 0 Å². The van der Waals surface area contributed by atoms with Crippen LogP contribution in [0.4, 0.5) is 0 Å². The summed E-state index contributed by atoms with van der Waals surface area (Å²) in [4.78, 5) is 2.53. The van der Waals surface area contributed by atoms with Crippen molar-refractivity contribution in [2.45, 2.75) is 45.2 Å². The molecule has 1 unspecified atom stereocenters.